The lowest BCUT2D eigenvalue weighted by atomic mass is 10.0. The van der Waals surface area contributed by atoms with Crippen LogP contribution in [0.5, 0.6) is 0 Å². The van der Waals surface area contributed by atoms with Crippen LogP contribution in [0, 0.1) is 0 Å². The molecule has 1 aliphatic heterocycles. The number of amides is 1. The van der Waals surface area contributed by atoms with E-state index in [2.05, 4.69) is 10.2 Å². The Bertz CT molecular complexity index is 604. The van der Waals surface area contributed by atoms with Gasteiger partial charge in [-0.3, -0.25) is 9.89 Å². The zero-order valence-corrected chi connectivity index (χ0v) is 11.0. The Morgan fingerprint density at radius 2 is 2.05 bits per heavy atom. The zero-order valence-electron chi connectivity index (χ0n) is 11.0. The summed E-state index contributed by atoms with van der Waals surface area (Å²) in [6, 6.07) is 5.39. The number of ether oxygens (including phenoxy) is 1. The first-order chi connectivity index (χ1) is 9.74. The first-order valence-corrected chi connectivity index (χ1v) is 6.51. The van der Waals surface area contributed by atoms with Crippen LogP contribution in [-0.2, 0) is 4.74 Å². The molecule has 20 heavy (non-hydrogen) atoms. The number of rotatable bonds is 2. The number of benzene rings is 1. The number of aromatic nitrogens is 2. The second-order valence-corrected chi connectivity index (χ2v) is 4.74. The lowest BCUT2D eigenvalue weighted by Crippen LogP contribution is -2.40. The van der Waals surface area contributed by atoms with Crippen LogP contribution in [0.2, 0.25) is 0 Å². The highest BCUT2D eigenvalue weighted by Gasteiger charge is 2.19. The minimum Gasteiger partial charge on any atom is -0.399 e. The fourth-order valence-electron chi connectivity index (χ4n) is 2.30. The molecular weight excluding hydrogens is 256 g/mol. The number of hydrogen-bond acceptors (Lipinski definition) is 4. The van der Waals surface area contributed by atoms with Gasteiger partial charge in [-0.15, -0.1) is 0 Å². The normalized spacial score (nSPS) is 15.3. The molecule has 1 aliphatic rings. The van der Waals surface area contributed by atoms with Crippen molar-refractivity contribution in [3.05, 3.63) is 36.2 Å². The molecule has 1 fully saturated rings. The van der Waals surface area contributed by atoms with E-state index in [9.17, 15) is 4.79 Å². The topological polar surface area (TPSA) is 84.2 Å². The van der Waals surface area contributed by atoms with Crippen LogP contribution in [0.15, 0.2) is 30.6 Å². The van der Waals surface area contributed by atoms with Crippen LogP contribution >= 0.6 is 0 Å². The second kappa shape index (κ2) is 5.34. The summed E-state index contributed by atoms with van der Waals surface area (Å²) >= 11 is 0. The van der Waals surface area contributed by atoms with E-state index in [-0.39, 0.29) is 5.91 Å². The number of nitrogens with one attached hydrogen (secondary N) is 1. The van der Waals surface area contributed by atoms with E-state index in [1.807, 2.05) is 12.1 Å². The standard InChI is InChI=1S/C14H16N4O2/c15-13-6-10(12-8-16-17-9-12)5-11(7-13)14(19)18-1-3-20-4-2-18/h5-9H,1-4,15H2,(H,16,17). The Kier molecular flexibility index (Phi) is 3.39. The quantitative estimate of drug-likeness (QED) is 0.803. The molecule has 2 aromatic rings. The number of nitrogens with zero attached hydrogens (tertiary/aromatic N) is 2. The van der Waals surface area contributed by atoms with E-state index in [1.165, 1.54) is 0 Å². The van der Waals surface area contributed by atoms with Gasteiger partial charge in [0, 0.05) is 36.1 Å². The molecule has 3 rings (SSSR count). The smallest absolute Gasteiger partial charge is 0.254 e. The van der Waals surface area contributed by atoms with E-state index >= 15 is 0 Å². The van der Waals surface area contributed by atoms with Crippen molar-refractivity contribution < 1.29 is 9.53 Å². The number of anilines is 1. The molecule has 1 amide bonds. The van der Waals surface area contributed by atoms with Crippen LogP contribution < -0.4 is 5.73 Å². The molecule has 1 aromatic carbocycles. The number of nitrogens with two attached hydrogens (primary N) is 1. The summed E-state index contributed by atoms with van der Waals surface area (Å²) in [5, 5.41) is 6.67. The average Bonchev–Trinajstić information content (AvgIpc) is 3.01. The number of carbonyl (C=O) groups excluding carboxylic acids is 1. The zero-order chi connectivity index (χ0) is 13.9. The molecule has 104 valence electrons. The van der Waals surface area contributed by atoms with Crippen LogP contribution in [0.4, 0.5) is 5.69 Å². The molecule has 2 heterocycles. The Hall–Kier alpha value is -2.34. The van der Waals surface area contributed by atoms with E-state index in [0.717, 1.165) is 11.1 Å². The van der Waals surface area contributed by atoms with Crippen LogP contribution in [0.1, 0.15) is 10.4 Å². The molecule has 0 radical (unpaired) electrons. The van der Waals surface area contributed by atoms with Crippen molar-refractivity contribution in [2.75, 3.05) is 32.0 Å². The third-order valence-corrected chi connectivity index (χ3v) is 3.33. The van der Waals surface area contributed by atoms with Crippen LogP contribution in [0.3, 0.4) is 0 Å². The Morgan fingerprint density at radius 1 is 1.25 bits per heavy atom. The molecule has 0 spiro atoms. The maximum atomic E-state index is 12.5. The first-order valence-electron chi connectivity index (χ1n) is 6.51. The van der Waals surface area contributed by atoms with Gasteiger partial charge in [0.2, 0.25) is 0 Å². The lowest BCUT2D eigenvalue weighted by molar-refractivity contribution is 0.0303. The molecule has 1 saturated heterocycles. The van der Waals surface area contributed by atoms with Crippen molar-refractivity contribution in [2.45, 2.75) is 0 Å². The minimum absolute atomic E-state index is 0.00894. The molecular formula is C14H16N4O2. The van der Waals surface area contributed by atoms with Crippen molar-refractivity contribution in [3.8, 4) is 11.1 Å². The molecule has 0 unspecified atom stereocenters. The minimum atomic E-state index is -0.00894. The Morgan fingerprint density at radius 3 is 2.75 bits per heavy atom. The number of H-pyrrole nitrogens is 1. The lowest BCUT2D eigenvalue weighted by Gasteiger charge is -2.27. The Balaban J connectivity index is 1.91. The molecule has 6 nitrogen and oxygen atoms in total. The number of hydrogen-bond donors (Lipinski definition) is 2. The van der Waals surface area contributed by atoms with Gasteiger partial charge in [-0.05, 0) is 23.8 Å². The van der Waals surface area contributed by atoms with Crippen molar-refractivity contribution >= 4 is 11.6 Å². The van der Waals surface area contributed by atoms with E-state index in [1.54, 1.807) is 23.4 Å². The van der Waals surface area contributed by atoms with Crippen molar-refractivity contribution in [3.63, 3.8) is 0 Å². The van der Waals surface area contributed by atoms with E-state index in [4.69, 9.17) is 10.5 Å². The van der Waals surface area contributed by atoms with Gasteiger partial charge >= 0.3 is 0 Å². The molecule has 0 atom stereocenters. The summed E-state index contributed by atoms with van der Waals surface area (Å²) in [5.41, 5.74) is 8.87. The van der Waals surface area contributed by atoms with Gasteiger partial charge < -0.3 is 15.4 Å². The van der Waals surface area contributed by atoms with Crippen molar-refractivity contribution in [1.82, 2.24) is 15.1 Å². The van der Waals surface area contributed by atoms with Gasteiger partial charge in [-0.2, -0.15) is 5.10 Å². The SMILES string of the molecule is Nc1cc(C(=O)N2CCOCC2)cc(-c2cn[nH]c2)c1. The highest BCUT2D eigenvalue weighted by molar-refractivity contribution is 5.96. The van der Waals surface area contributed by atoms with E-state index < -0.39 is 0 Å². The summed E-state index contributed by atoms with van der Waals surface area (Å²) in [5.74, 6) is -0.00894. The largest absolute Gasteiger partial charge is 0.399 e. The van der Waals surface area contributed by atoms with E-state index in [0.29, 0.717) is 37.6 Å². The van der Waals surface area contributed by atoms with Crippen molar-refractivity contribution in [1.29, 1.82) is 0 Å². The Labute approximate surface area is 116 Å². The average molecular weight is 272 g/mol. The van der Waals surface area contributed by atoms with Gasteiger partial charge in [-0.25, -0.2) is 0 Å². The highest BCUT2D eigenvalue weighted by atomic mass is 16.5. The van der Waals surface area contributed by atoms with Crippen LogP contribution in [0.25, 0.3) is 11.1 Å². The van der Waals surface area contributed by atoms with Crippen LogP contribution in [-0.4, -0.2) is 47.3 Å². The summed E-state index contributed by atoms with van der Waals surface area (Å²) < 4.78 is 5.26. The third kappa shape index (κ3) is 2.50. The summed E-state index contributed by atoms with van der Waals surface area (Å²) in [4.78, 5) is 14.3. The third-order valence-electron chi connectivity index (χ3n) is 3.33. The highest BCUT2D eigenvalue weighted by Crippen LogP contribution is 2.23. The predicted octanol–water partition coefficient (Wildman–Crippen LogP) is 1.13. The molecule has 0 aliphatic carbocycles. The first kappa shape index (κ1) is 12.7. The molecule has 1 aromatic heterocycles. The summed E-state index contributed by atoms with van der Waals surface area (Å²) in [6.07, 6.45) is 3.48. The molecule has 0 saturated carbocycles. The monoisotopic (exact) mass is 272 g/mol. The van der Waals surface area contributed by atoms with Gasteiger partial charge in [-0.1, -0.05) is 0 Å². The fourth-order valence-corrected chi connectivity index (χ4v) is 2.30. The predicted molar refractivity (Wildman–Crippen MR) is 75.2 cm³/mol. The molecule has 6 heteroatoms. The van der Waals surface area contributed by atoms with Gasteiger partial charge in [0.25, 0.3) is 5.91 Å². The number of carbonyl (C=O) groups is 1. The van der Waals surface area contributed by atoms with Crippen molar-refractivity contribution in [2.24, 2.45) is 0 Å². The molecule has 0 bridgehead atoms. The maximum absolute atomic E-state index is 12.5. The summed E-state index contributed by atoms with van der Waals surface area (Å²) in [7, 11) is 0. The maximum Gasteiger partial charge on any atom is 0.254 e. The second-order valence-electron chi connectivity index (χ2n) is 4.74. The number of morpholine rings is 1. The van der Waals surface area contributed by atoms with Gasteiger partial charge in [0.15, 0.2) is 0 Å². The summed E-state index contributed by atoms with van der Waals surface area (Å²) in [6.45, 7) is 2.41. The fraction of sp³-hybridized carbons (Fsp3) is 0.286. The van der Waals surface area contributed by atoms with Gasteiger partial charge in [0.1, 0.15) is 0 Å². The number of aromatic amines is 1. The van der Waals surface area contributed by atoms with Gasteiger partial charge in [0.05, 0.1) is 19.4 Å². The number of nitrogen functional groups attached to an aromatic ring is 1. The molecule has 3 N–H and O–H groups in total.